The third-order valence-corrected chi connectivity index (χ3v) is 5.00. The van der Waals surface area contributed by atoms with Crippen molar-refractivity contribution in [3.8, 4) is 0 Å². The summed E-state index contributed by atoms with van der Waals surface area (Å²) in [5.41, 5.74) is -0.863. The fourth-order valence-corrected chi connectivity index (χ4v) is 3.29. The zero-order valence-electron chi connectivity index (χ0n) is 14.3. The Morgan fingerprint density at radius 1 is 1.28 bits per heavy atom. The van der Waals surface area contributed by atoms with Crippen molar-refractivity contribution in [3.05, 3.63) is 29.3 Å². The van der Waals surface area contributed by atoms with E-state index in [9.17, 15) is 14.4 Å². The molecule has 1 aromatic carbocycles. The number of hydrogen-bond donors (Lipinski definition) is 2. The van der Waals surface area contributed by atoms with Crippen LogP contribution in [0.3, 0.4) is 0 Å². The second-order valence-corrected chi connectivity index (χ2v) is 7.87. The van der Waals surface area contributed by atoms with E-state index in [2.05, 4.69) is 10.6 Å². The molecule has 8 heteroatoms. The predicted molar refractivity (Wildman–Crippen MR) is 98.7 cm³/mol. The molecule has 2 N–H and O–H groups in total. The predicted octanol–water partition coefficient (Wildman–Crippen LogP) is 2.66. The number of imide groups is 1. The molecule has 1 aliphatic heterocycles. The summed E-state index contributed by atoms with van der Waals surface area (Å²) in [6.45, 7) is 4.14. The molecule has 4 amide bonds. The number of thioether (sulfide) groups is 1. The molecule has 0 aromatic heterocycles. The van der Waals surface area contributed by atoms with Crippen molar-refractivity contribution in [2.45, 2.75) is 37.1 Å². The Labute approximate surface area is 156 Å². The molecular formula is C17H22ClN3O3S. The fourth-order valence-electron chi connectivity index (χ4n) is 2.40. The highest BCUT2D eigenvalue weighted by Crippen LogP contribution is 2.20. The minimum Gasteiger partial charge on any atom is -0.355 e. The number of nitrogens with one attached hydrogen (secondary N) is 2. The minimum absolute atomic E-state index is 0.0805. The lowest BCUT2D eigenvalue weighted by atomic mass is 10.1. The zero-order valence-corrected chi connectivity index (χ0v) is 15.9. The highest BCUT2D eigenvalue weighted by Gasteiger charge is 2.43. The Hall–Kier alpha value is -1.73. The van der Waals surface area contributed by atoms with Crippen LogP contribution in [0.1, 0.15) is 26.7 Å². The molecule has 1 aliphatic rings. The van der Waals surface area contributed by atoms with E-state index in [1.807, 2.05) is 24.3 Å². The van der Waals surface area contributed by atoms with E-state index < -0.39 is 11.6 Å². The Kier molecular flexibility index (Phi) is 6.72. The summed E-state index contributed by atoms with van der Waals surface area (Å²) in [6, 6.07) is 7.15. The Morgan fingerprint density at radius 2 is 1.96 bits per heavy atom. The van der Waals surface area contributed by atoms with Gasteiger partial charge in [-0.1, -0.05) is 11.6 Å². The van der Waals surface area contributed by atoms with Crippen molar-refractivity contribution in [3.63, 3.8) is 0 Å². The number of nitrogens with zero attached hydrogens (tertiary/aromatic N) is 1. The zero-order chi connectivity index (χ0) is 18.4. The van der Waals surface area contributed by atoms with Crippen molar-refractivity contribution < 1.29 is 14.4 Å². The van der Waals surface area contributed by atoms with Gasteiger partial charge in [0.2, 0.25) is 5.91 Å². The number of carbonyl (C=O) groups excluding carboxylic acids is 3. The van der Waals surface area contributed by atoms with Gasteiger partial charge < -0.3 is 10.6 Å². The molecule has 1 heterocycles. The summed E-state index contributed by atoms with van der Waals surface area (Å²) >= 11 is 7.46. The summed E-state index contributed by atoms with van der Waals surface area (Å²) < 4.78 is 0. The number of urea groups is 1. The largest absolute Gasteiger partial charge is 0.355 e. The van der Waals surface area contributed by atoms with Crippen LogP contribution in [0.15, 0.2) is 29.2 Å². The molecule has 1 aromatic rings. The van der Waals surface area contributed by atoms with Gasteiger partial charge in [0.15, 0.2) is 0 Å². The number of rotatable bonds is 8. The molecule has 0 unspecified atom stereocenters. The lowest BCUT2D eigenvalue weighted by Crippen LogP contribution is -2.40. The van der Waals surface area contributed by atoms with Crippen LogP contribution < -0.4 is 10.6 Å². The van der Waals surface area contributed by atoms with Gasteiger partial charge in [-0.05, 0) is 44.5 Å². The molecule has 0 atom stereocenters. The molecule has 25 heavy (non-hydrogen) atoms. The van der Waals surface area contributed by atoms with E-state index in [1.54, 1.807) is 25.6 Å². The van der Waals surface area contributed by atoms with E-state index in [0.29, 0.717) is 18.0 Å². The molecule has 2 rings (SSSR count). The van der Waals surface area contributed by atoms with Crippen molar-refractivity contribution in [2.24, 2.45) is 0 Å². The fraction of sp³-hybridized carbons (Fsp3) is 0.471. The van der Waals surface area contributed by atoms with Crippen LogP contribution in [0, 0.1) is 0 Å². The summed E-state index contributed by atoms with van der Waals surface area (Å²) in [6.07, 6.45) is 0.731. The van der Waals surface area contributed by atoms with Crippen molar-refractivity contribution >= 4 is 41.2 Å². The monoisotopic (exact) mass is 383 g/mol. The number of hydrogen-bond acceptors (Lipinski definition) is 4. The molecule has 136 valence electrons. The lowest BCUT2D eigenvalue weighted by Gasteiger charge is -2.15. The van der Waals surface area contributed by atoms with Gasteiger partial charge in [-0.25, -0.2) is 4.79 Å². The van der Waals surface area contributed by atoms with E-state index in [4.69, 9.17) is 11.6 Å². The highest BCUT2D eigenvalue weighted by molar-refractivity contribution is 7.99. The van der Waals surface area contributed by atoms with Gasteiger partial charge in [0.1, 0.15) is 5.54 Å². The number of carbonyl (C=O) groups is 3. The molecule has 0 spiro atoms. The first kappa shape index (κ1) is 19.6. The van der Waals surface area contributed by atoms with Gasteiger partial charge in [-0.3, -0.25) is 14.5 Å². The summed E-state index contributed by atoms with van der Waals surface area (Å²) in [5, 5.41) is 6.16. The first-order chi connectivity index (χ1) is 11.8. The van der Waals surface area contributed by atoms with Gasteiger partial charge in [-0.15, -0.1) is 11.8 Å². The van der Waals surface area contributed by atoms with Gasteiger partial charge >= 0.3 is 6.03 Å². The third kappa shape index (κ3) is 5.64. The van der Waals surface area contributed by atoms with Gasteiger partial charge in [0.25, 0.3) is 5.91 Å². The normalized spacial score (nSPS) is 16.0. The SMILES string of the molecule is CC1(C)NC(=O)N(CCCC(=O)NCCSc2ccc(Cl)cc2)C1=O. The van der Waals surface area contributed by atoms with E-state index in [1.165, 1.54) is 4.90 Å². The first-order valence-corrected chi connectivity index (χ1v) is 9.45. The Balaban J connectivity index is 1.60. The average Bonchev–Trinajstić information content (AvgIpc) is 2.75. The van der Waals surface area contributed by atoms with Crippen molar-refractivity contribution in [1.29, 1.82) is 0 Å². The summed E-state index contributed by atoms with van der Waals surface area (Å²) in [5.74, 6) is 0.425. The Morgan fingerprint density at radius 3 is 2.56 bits per heavy atom. The van der Waals surface area contributed by atoms with Crippen LogP contribution in [-0.4, -0.2) is 47.1 Å². The summed E-state index contributed by atoms with van der Waals surface area (Å²) in [7, 11) is 0. The molecule has 1 fully saturated rings. The third-order valence-electron chi connectivity index (χ3n) is 3.74. The highest BCUT2D eigenvalue weighted by atomic mass is 35.5. The maximum Gasteiger partial charge on any atom is 0.325 e. The molecular weight excluding hydrogens is 362 g/mol. The van der Waals surface area contributed by atoms with Crippen LogP contribution in [-0.2, 0) is 9.59 Å². The van der Waals surface area contributed by atoms with Crippen LogP contribution in [0.4, 0.5) is 4.79 Å². The van der Waals surface area contributed by atoms with Crippen molar-refractivity contribution in [2.75, 3.05) is 18.8 Å². The molecule has 6 nitrogen and oxygen atoms in total. The number of amides is 4. The number of halogens is 1. The van der Waals surface area contributed by atoms with E-state index in [-0.39, 0.29) is 24.8 Å². The topological polar surface area (TPSA) is 78.5 Å². The standard InChI is InChI=1S/C17H22ClN3O3S/c1-17(2)15(23)21(16(24)20-17)10-3-4-14(22)19-9-11-25-13-7-5-12(18)6-8-13/h5-8H,3-4,9-11H2,1-2H3,(H,19,22)(H,20,24). The van der Waals surface area contributed by atoms with Crippen LogP contribution in [0.5, 0.6) is 0 Å². The van der Waals surface area contributed by atoms with E-state index >= 15 is 0 Å². The minimum atomic E-state index is -0.863. The maximum absolute atomic E-state index is 12.0. The average molecular weight is 384 g/mol. The van der Waals surface area contributed by atoms with Gasteiger partial charge in [0, 0.05) is 35.2 Å². The second-order valence-electron chi connectivity index (χ2n) is 6.27. The van der Waals surface area contributed by atoms with Crippen LogP contribution >= 0.6 is 23.4 Å². The second kappa shape index (κ2) is 8.58. The first-order valence-electron chi connectivity index (χ1n) is 8.09. The smallest absolute Gasteiger partial charge is 0.325 e. The van der Waals surface area contributed by atoms with Gasteiger partial charge in [0.05, 0.1) is 0 Å². The quantitative estimate of drug-likeness (QED) is 0.411. The van der Waals surface area contributed by atoms with E-state index in [0.717, 1.165) is 10.6 Å². The molecule has 0 saturated carbocycles. The molecule has 0 bridgehead atoms. The number of benzene rings is 1. The van der Waals surface area contributed by atoms with Crippen LogP contribution in [0.25, 0.3) is 0 Å². The summed E-state index contributed by atoms with van der Waals surface area (Å²) in [4.78, 5) is 37.8. The van der Waals surface area contributed by atoms with Crippen molar-refractivity contribution in [1.82, 2.24) is 15.5 Å². The van der Waals surface area contributed by atoms with Crippen LogP contribution in [0.2, 0.25) is 5.02 Å². The van der Waals surface area contributed by atoms with Gasteiger partial charge in [-0.2, -0.15) is 0 Å². The molecule has 1 saturated heterocycles. The molecule has 0 radical (unpaired) electrons. The maximum atomic E-state index is 12.0. The lowest BCUT2D eigenvalue weighted by molar-refractivity contribution is -0.130. The molecule has 0 aliphatic carbocycles. The Bertz CT molecular complexity index is 649.